The van der Waals surface area contributed by atoms with Crippen molar-refractivity contribution in [2.75, 3.05) is 6.26 Å². The highest BCUT2D eigenvalue weighted by molar-refractivity contribution is 8.13. The van der Waals surface area contributed by atoms with Crippen LogP contribution in [0, 0.1) is 5.41 Å². The quantitative estimate of drug-likeness (QED) is 0.522. The minimum atomic E-state index is 0.463. The first kappa shape index (κ1) is 10.9. The van der Waals surface area contributed by atoms with Gasteiger partial charge in [0.1, 0.15) is 0 Å². The third-order valence-corrected chi connectivity index (χ3v) is 3.22. The van der Waals surface area contributed by atoms with Crippen molar-refractivity contribution in [3.63, 3.8) is 0 Å². The van der Waals surface area contributed by atoms with Gasteiger partial charge in [0.25, 0.3) is 0 Å². The number of thioether (sulfide) groups is 1. The number of rotatable bonds is 1. The molecule has 1 rings (SSSR count). The predicted octanol–water partition coefficient (Wildman–Crippen LogP) is 2.63. The molecule has 13 heavy (non-hydrogen) atoms. The molecule has 0 aromatic heterocycles. The zero-order valence-corrected chi connectivity index (χ0v) is 9.66. The highest BCUT2D eigenvalue weighted by atomic mass is 32.2. The lowest BCUT2D eigenvalue weighted by atomic mass is 9.75. The zero-order chi connectivity index (χ0) is 9.90. The van der Waals surface area contributed by atoms with Gasteiger partial charge in [0, 0.05) is 0 Å². The molecule has 0 heterocycles. The molecule has 0 saturated heterocycles. The maximum absolute atomic E-state index is 5.71. The summed E-state index contributed by atoms with van der Waals surface area (Å²) in [5.41, 5.74) is 6.17. The second-order valence-electron chi connectivity index (χ2n) is 4.59. The van der Waals surface area contributed by atoms with Crippen molar-refractivity contribution < 1.29 is 0 Å². The number of hydrogen-bond donors (Lipinski definition) is 1. The van der Waals surface area contributed by atoms with Gasteiger partial charge < -0.3 is 5.73 Å². The van der Waals surface area contributed by atoms with E-state index in [1.54, 1.807) is 11.8 Å². The summed E-state index contributed by atoms with van der Waals surface area (Å²) in [6.07, 6.45) is 7.01. The van der Waals surface area contributed by atoms with Gasteiger partial charge in [-0.1, -0.05) is 32.0 Å². The largest absolute Gasteiger partial charge is 0.379 e. The van der Waals surface area contributed by atoms with Crippen LogP contribution in [0.1, 0.15) is 39.5 Å². The third-order valence-electron chi connectivity index (χ3n) is 2.70. The van der Waals surface area contributed by atoms with Gasteiger partial charge in [-0.05, 0) is 30.9 Å². The van der Waals surface area contributed by atoms with Crippen LogP contribution in [0.25, 0.3) is 0 Å². The van der Waals surface area contributed by atoms with E-state index in [-0.39, 0.29) is 0 Å². The molecule has 2 N–H and O–H groups in total. The molecule has 1 fully saturated rings. The average Bonchev–Trinajstić information content (AvgIpc) is 2.02. The van der Waals surface area contributed by atoms with Gasteiger partial charge >= 0.3 is 0 Å². The van der Waals surface area contributed by atoms with E-state index >= 15 is 0 Å². The highest BCUT2D eigenvalue weighted by Gasteiger charge is 2.27. The van der Waals surface area contributed by atoms with Crippen LogP contribution in [0.4, 0.5) is 0 Å². The fraction of sp³-hybridized carbons (Fsp3) is 0.900. The smallest absolute Gasteiger partial charge is 0.153 e. The molecule has 1 aliphatic carbocycles. The first-order valence-electron chi connectivity index (χ1n) is 4.91. The Labute approximate surface area is 85.4 Å². The maximum atomic E-state index is 5.71. The second-order valence-corrected chi connectivity index (χ2v) is 5.41. The van der Waals surface area contributed by atoms with Gasteiger partial charge in [0.2, 0.25) is 0 Å². The first-order valence-corrected chi connectivity index (χ1v) is 6.13. The van der Waals surface area contributed by atoms with Crippen LogP contribution >= 0.6 is 11.8 Å². The zero-order valence-electron chi connectivity index (χ0n) is 8.84. The van der Waals surface area contributed by atoms with Gasteiger partial charge in [0.05, 0.1) is 6.04 Å². The van der Waals surface area contributed by atoms with E-state index in [0.717, 1.165) is 5.17 Å². The molecule has 1 saturated carbocycles. The number of amidine groups is 1. The maximum Gasteiger partial charge on any atom is 0.153 e. The van der Waals surface area contributed by atoms with Crippen molar-refractivity contribution in [1.82, 2.24) is 0 Å². The summed E-state index contributed by atoms with van der Waals surface area (Å²) in [4.78, 5) is 4.51. The number of nitrogens with two attached hydrogens (primary N) is 1. The van der Waals surface area contributed by atoms with E-state index in [1.807, 2.05) is 6.26 Å². The molecule has 1 atom stereocenters. The third kappa shape index (κ3) is 3.59. The van der Waals surface area contributed by atoms with Crippen molar-refractivity contribution in [3.05, 3.63) is 0 Å². The van der Waals surface area contributed by atoms with Crippen LogP contribution in [0.5, 0.6) is 0 Å². The van der Waals surface area contributed by atoms with Crippen molar-refractivity contribution in [1.29, 1.82) is 0 Å². The first-order chi connectivity index (χ1) is 6.03. The Morgan fingerprint density at radius 2 is 2.23 bits per heavy atom. The molecule has 1 unspecified atom stereocenters. The lowest BCUT2D eigenvalue weighted by Gasteiger charge is -2.33. The van der Waals surface area contributed by atoms with Crippen LogP contribution < -0.4 is 5.73 Å². The van der Waals surface area contributed by atoms with Gasteiger partial charge in [-0.3, -0.25) is 4.99 Å². The fourth-order valence-electron chi connectivity index (χ4n) is 2.00. The summed E-state index contributed by atoms with van der Waals surface area (Å²) in [7, 11) is 0. The van der Waals surface area contributed by atoms with E-state index in [9.17, 15) is 0 Å². The molecule has 0 spiro atoms. The van der Waals surface area contributed by atoms with E-state index in [1.165, 1.54) is 25.7 Å². The Bertz CT molecular complexity index is 199. The average molecular weight is 200 g/mol. The van der Waals surface area contributed by atoms with E-state index in [2.05, 4.69) is 18.8 Å². The Morgan fingerprint density at radius 3 is 2.77 bits per heavy atom. The number of hydrogen-bond acceptors (Lipinski definition) is 2. The van der Waals surface area contributed by atoms with Crippen molar-refractivity contribution in [3.8, 4) is 0 Å². The molecule has 0 aromatic rings. The topological polar surface area (TPSA) is 38.4 Å². The Morgan fingerprint density at radius 1 is 1.54 bits per heavy atom. The minimum absolute atomic E-state index is 0.463. The van der Waals surface area contributed by atoms with Crippen molar-refractivity contribution >= 4 is 16.9 Å². The Kier molecular flexibility index (Phi) is 3.65. The monoisotopic (exact) mass is 200 g/mol. The molecule has 76 valence electrons. The summed E-state index contributed by atoms with van der Waals surface area (Å²) in [5, 5.41) is 0.739. The van der Waals surface area contributed by atoms with Crippen LogP contribution in [-0.4, -0.2) is 17.5 Å². The summed E-state index contributed by atoms with van der Waals surface area (Å²) in [6, 6.07) is 0.469. The molecular formula is C10H20N2S. The van der Waals surface area contributed by atoms with Gasteiger partial charge in [-0.2, -0.15) is 0 Å². The number of aliphatic imine (C=N–C) groups is 1. The molecule has 0 aromatic carbocycles. The molecule has 2 nitrogen and oxygen atoms in total. The van der Waals surface area contributed by atoms with Gasteiger partial charge in [0.15, 0.2) is 5.17 Å². The van der Waals surface area contributed by atoms with Crippen molar-refractivity contribution in [2.24, 2.45) is 16.1 Å². The summed E-state index contributed by atoms with van der Waals surface area (Å²) < 4.78 is 0. The van der Waals surface area contributed by atoms with Crippen molar-refractivity contribution in [2.45, 2.75) is 45.6 Å². The van der Waals surface area contributed by atoms with Crippen LogP contribution in [-0.2, 0) is 0 Å². The van der Waals surface area contributed by atoms with Crippen LogP contribution in [0.2, 0.25) is 0 Å². The SMILES string of the molecule is CSC(N)=NC1CCCC(C)(C)C1. The highest BCUT2D eigenvalue weighted by Crippen LogP contribution is 2.36. The summed E-state index contributed by atoms with van der Waals surface area (Å²) in [5.74, 6) is 0. The summed E-state index contributed by atoms with van der Waals surface area (Å²) >= 11 is 1.55. The van der Waals surface area contributed by atoms with E-state index < -0.39 is 0 Å². The molecule has 3 heteroatoms. The number of nitrogens with zero attached hydrogens (tertiary/aromatic N) is 1. The Balaban J connectivity index is 2.52. The van der Waals surface area contributed by atoms with Crippen LogP contribution in [0.3, 0.4) is 0 Å². The Hall–Kier alpha value is -0.180. The second kappa shape index (κ2) is 4.36. The molecule has 0 aliphatic heterocycles. The molecular weight excluding hydrogens is 180 g/mol. The predicted molar refractivity (Wildman–Crippen MR) is 61.2 cm³/mol. The normalized spacial score (nSPS) is 28.8. The van der Waals surface area contributed by atoms with E-state index in [0.29, 0.717) is 11.5 Å². The van der Waals surface area contributed by atoms with Crippen LogP contribution in [0.15, 0.2) is 4.99 Å². The molecule has 0 bridgehead atoms. The molecule has 0 amide bonds. The lowest BCUT2D eigenvalue weighted by Crippen LogP contribution is -2.26. The summed E-state index contributed by atoms with van der Waals surface area (Å²) in [6.45, 7) is 4.65. The lowest BCUT2D eigenvalue weighted by molar-refractivity contribution is 0.222. The standard InChI is InChI=1S/C10H20N2S/c1-10(2)6-4-5-8(7-10)12-9(11)13-3/h8H,4-7H2,1-3H3,(H2,11,12). The minimum Gasteiger partial charge on any atom is -0.379 e. The fourth-order valence-corrected chi connectivity index (χ4v) is 2.26. The molecule has 0 radical (unpaired) electrons. The van der Waals surface area contributed by atoms with Gasteiger partial charge in [-0.25, -0.2) is 0 Å². The van der Waals surface area contributed by atoms with E-state index in [4.69, 9.17) is 5.73 Å². The molecule has 1 aliphatic rings. The van der Waals surface area contributed by atoms with Gasteiger partial charge in [-0.15, -0.1) is 0 Å².